The lowest BCUT2D eigenvalue weighted by molar-refractivity contribution is 1.07. The fourth-order valence-electron chi connectivity index (χ4n) is 8.22. The van der Waals surface area contributed by atoms with Gasteiger partial charge in [0.2, 0.25) is 0 Å². The second kappa shape index (κ2) is 13.0. The molecule has 0 spiro atoms. The van der Waals surface area contributed by atoms with E-state index in [4.69, 9.17) is 15.0 Å². The fourth-order valence-corrected chi connectivity index (χ4v) is 8.22. The second-order valence-corrected chi connectivity index (χ2v) is 14.1. The van der Waals surface area contributed by atoms with Crippen LogP contribution in [0.4, 0.5) is 0 Å². The number of fused-ring (bicyclic) bond motifs is 6. The van der Waals surface area contributed by atoms with Gasteiger partial charge in [-0.2, -0.15) is 0 Å². The number of nitrogens with zero attached hydrogens (tertiary/aromatic N) is 5. The fraction of sp³-hybridized carbons (Fsp3) is 0. The largest absolute Gasteiger partial charge is 0.309 e. The molecule has 0 saturated heterocycles. The summed E-state index contributed by atoms with van der Waals surface area (Å²) in [6, 6.07) is 70.4. The van der Waals surface area contributed by atoms with Crippen molar-refractivity contribution in [1.82, 2.24) is 24.1 Å². The maximum atomic E-state index is 5.23. The molecular formula is C51H33N5. The van der Waals surface area contributed by atoms with E-state index >= 15 is 0 Å². The van der Waals surface area contributed by atoms with Crippen molar-refractivity contribution in [3.05, 3.63) is 200 Å². The Balaban J connectivity index is 1.24. The van der Waals surface area contributed by atoms with Crippen LogP contribution in [0, 0.1) is 0 Å². The number of benzene rings is 8. The van der Waals surface area contributed by atoms with Crippen molar-refractivity contribution in [2.45, 2.75) is 0 Å². The van der Waals surface area contributed by atoms with Crippen LogP contribution in [-0.4, -0.2) is 24.1 Å². The molecule has 56 heavy (non-hydrogen) atoms. The zero-order chi connectivity index (χ0) is 37.0. The molecule has 0 atom stereocenters. The van der Waals surface area contributed by atoms with Crippen molar-refractivity contribution in [3.63, 3.8) is 0 Å². The van der Waals surface area contributed by atoms with Gasteiger partial charge in [-0.1, -0.05) is 146 Å². The first-order valence-corrected chi connectivity index (χ1v) is 18.9. The van der Waals surface area contributed by atoms with Gasteiger partial charge in [0.25, 0.3) is 0 Å². The number of hydrogen-bond donors (Lipinski definition) is 0. The van der Waals surface area contributed by atoms with E-state index in [2.05, 4.69) is 173 Å². The van der Waals surface area contributed by atoms with Gasteiger partial charge in [-0.3, -0.25) is 0 Å². The van der Waals surface area contributed by atoms with Crippen LogP contribution in [0.1, 0.15) is 0 Å². The lowest BCUT2D eigenvalue weighted by Gasteiger charge is -2.14. The van der Waals surface area contributed by atoms with Crippen LogP contribution in [-0.2, 0) is 0 Å². The number of hydrogen-bond acceptors (Lipinski definition) is 3. The Hall–Kier alpha value is -7.63. The summed E-state index contributed by atoms with van der Waals surface area (Å²) in [5, 5.41) is 4.74. The Bertz CT molecular complexity index is 3110. The van der Waals surface area contributed by atoms with Crippen molar-refractivity contribution in [1.29, 1.82) is 0 Å². The third kappa shape index (κ3) is 5.21. The van der Waals surface area contributed by atoms with E-state index in [1.54, 1.807) is 0 Å². The van der Waals surface area contributed by atoms with Crippen LogP contribution in [0.2, 0.25) is 0 Å². The summed E-state index contributed by atoms with van der Waals surface area (Å²) in [6.45, 7) is 0. The molecule has 0 N–H and O–H groups in total. The molecule has 8 aromatic carbocycles. The van der Waals surface area contributed by atoms with Gasteiger partial charge in [0.05, 0.1) is 22.1 Å². The molecule has 3 heterocycles. The lowest BCUT2D eigenvalue weighted by atomic mass is 9.96. The van der Waals surface area contributed by atoms with E-state index in [1.807, 2.05) is 36.4 Å². The predicted molar refractivity (Wildman–Crippen MR) is 230 cm³/mol. The average Bonchev–Trinajstić information content (AvgIpc) is 3.79. The van der Waals surface area contributed by atoms with Crippen LogP contribution in [0.5, 0.6) is 0 Å². The number of aromatic nitrogens is 5. The Kier molecular flexibility index (Phi) is 7.42. The molecule has 11 rings (SSSR count). The van der Waals surface area contributed by atoms with Crippen LogP contribution < -0.4 is 0 Å². The van der Waals surface area contributed by atoms with E-state index in [0.717, 1.165) is 61.0 Å². The minimum atomic E-state index is 0.623. The summed E-state index contributed by atoms with van der Waals surface area (Å²) in [5.41, 5.74) is 11.7. The smallest absolute Gasteiger partial charge is 0.164 e. The first-order valence-electron chi connectivity index (χ1n) is 18.9. The Morgan fingerprint density at radius 1 is 0.268 bits per heavy atom. The molecule has 0 aliphatic carbocycles. The van der Waals surface area contributed by atoms with Crippen LogP contribution >= 0.6 is 0 Å². The molecule has 3 aromatic heterocycles. The molecule has 262 valence electrons. The highest BCUT2D eigenvalue weighted by Gasteiger charge is 2.22. The van der Waals surface area contributed by atoms with Gasteiger partial charge in [0, 0.05) is 49.6 Å². The molecule has 0 fully saturated rings. The van der Waals surface area contributed by atoms with Gasteiger partial charge >= 0.3 is 0 Å². The Labute approximate surface area is 323 Å². The molecule has 0 unspecified atom stereocenters. The molecule has 0 amide bonds. The minimum absolute atomic E-state index is 0.623. The summed E-state index contributed by atoms with van der Waals surface area (Å²) in [5.74, 6) is 1.89. The van der Waals surface area contributed by atoms with Gasteiger partial charge < -0.3 is 9.13 Å². The van der Waals surface area contributed by atoms with Crippen molar-refractivity contribution in [2.75, 3.05) is 0 Å². The third-order valence-electron chi connectivity index (χ3n) is 10.8. The van der Waals surface area contributed by atoms with Crippen molar-refractivity contribution in [2.24, 2.45) is 0 Å². The summed E-state index contributed by atoms with van der Waals surface area (Å²) in [7, 11) is 0. The first kappa shape index (κ1) is 31.9. The standard InChI is InChI=1S/C51H33N5/c1-5-17-34(18-6-1)41-33-48-43(32-44(41)51-53-49(35-19-7-2-8-20-35)52-50(54-51)36-21-9-3-10-22-36)42-31-38(29-30-47(42)55(48)37-23-11-4-12-24-37)56-45-27-15-13-25-39(45)40-26-14-16-28-46(40)56/h1-33H. The minimum Gasteiger partial charge on any atom is -0.309 e. The summed E-state index contributed by atoms with van der Waals surface area (Å²) < 4.78 is 4.77. The summed E-state index contributed by atoms with van der Waals surface area (Å²) >= 11 is 0. The molecule has 0 aliphatic heterocycles. The maximum Gasteiger partial charge on any atom is 0.164 e. The summed E-state index contributed by atoms with van der Waals surface area (Å²) in [4.78, 5) is 15.5. The van der Waals surface area contributed by atoms with E-state index in [9.17, 15) is 0 Å². The highest BCUT2D eigenvalue weighted by atomic mass is 15.0. The van der Waals surface area contributed by atoms with E-state index in [-0.39, 0.29) is 0 Å². The number of para-hydroxylation sites is 3. The average molecular weight is 716 g/mol. The lowest BCUT2D eigenvalue weighted by Crippen LogP contribution is -2.01. The molecule has 0 aliphatic rings. The van der Waals surface area contributed by atoms with Gasteiger partial charge in [-0.05, 0) is 65.7 Å². The maximum absolute atomic E-state index is 5.23. The summed E-state index contributed by atoms with van der Waals surface area (Å²) in [6.07, 6.45) is 0. The normalized spacial score (nSPS) is 11.6. The molecule has 0 bridgehead atoms. The van der Waals surface area contributed by atoms with Crippen LogP contribution in [0.3, 0.4) is 0 Å². The zero-order valence-corrected chi connectivity index (χ0v) is 30.3. The van der Waals surface area contributed by atoms with Crippen molar-refractivity contribution >= 4 is 43.6 Å². The van der Waals surface area contributed by atoms with Gasteiger partial charge in [-0.15, -0.1) is 0 Å². The monoisotopic (exact) mass is 715 g/mol. The van der Waals surface area contributed by atoms with Gasteiger partial charge in [0.15, 0.2) is 17.5 Å². The molecule has 0 saturated carbocycles. The quantitative estimate of drug-likeness (QED) is 0.172. The Morgan fingerprint density at radius 2 is 0.714 bits per heavy atom. The predicted octanol–water partition coefficient (Wildman–Crippen LogP) is 12.7. The highest BCUT2D eigenvalue weighted by Crippen LogP contribution is 2.42. The molecule has 5 heteroatoms. The third-order valence-corrected chi connectivity index (χ3v) is 10.8. The first-order chi connectivity index (χ1) is 27.8. The number of rotatable bonds is 6. The molecule has 11 aromatic rings. The van der Waals surface area contributed by atoms with E-state index in [0.29, 0.717) is 17.5 Å². The second-order valence-electron chi connectivity index (χ2n) is 14.1. The molecular weight excluding hydrogens is 683 g/mol. The SMILES string of the molecule is c1ccc(-c2nc(-c3ccccc3)nc(-c3cc4c5cc(-n6c7ccccc7c7ccccc76)ccc5n(-c5ccccc5)c4cc3-c3ccccc3)n2)cc1. The van der Waals surface area contributed by atoms with Crippen molar-refractivity contribution < 1.29 is 0 Å². The Morgan fingerprint density at radius 3 is 1.30 bits per heavy atom. The van der Waals surface area contributed by atoms with Gasteiger partial charge in [-0.25, -0.2) is 15.0 Å². The van der Waals surface area contributed by atoms with Gasteiger partial charge in [0.1, 0.15) is 0 Å². The van der Waals surface area contributed by atoms with Crippen LogP contribution in [0.15, 0.2) is 200 Å². The zero-order valence-electron chi connectivity index (χ0n) is 30.3. The molecule has 0 radical (unpaired) electrons. The van der Waals surface area contributed by atoms with Crippen LogP contribution in [0.25, 0.3) is 100 Å². The van der Waals surface area contributed by atoms with E-state index in [1.165, 1.54) is 21.8 Å². The molecule has 5 nitrogen and oxygen atoms in total. The van der Waals surface area contributed by atoms with Crippen molar-refractivity contribution in [3.8, 4) is 56.7 Å². The highest BCUT2D eigenvalue weighted by molar-refractivity contribution is 6.14. The van der Waals surface area contributed by atoms with E-state index < -0.39 is 0 Å². The topological polar surface area (TPSA) is 48.5 Å².